The molecule has 0 saturated carbocycles. The number of alkyl halides is 3. The minimum Gasteiger partial charge on any atom is -0.496 e. The van der Waals surface area contributed by atoms with Crippen molar-refractivity contribution in [3.05, 3.63) is 65.2 Å². The predicted octanol–water partition coefficient (Wildman–Crippen LogP) is 4.10. The highest BCUT2D eigenvalue weighted by molar-refractivity contribution is 5.69. The van der Waals surface area contributed by atoms with Crippen molar-refractivity contribution >= 4 is 6.09 Å². The molecule has 32 heavy (non-hydrogen) atoms. The lowest BCUT2D eigenvalue weighted by molar-refractivity contribution is -0.140. The Morgan fingerprint density at radius 1 is 1.16 bits per heavy atom. The van der Waals surface area contributed by atoms with E-state index in [2.05, 4.69) is 0 Å². The molecule has 2 atom stereocenters. The Morgan fingerprint density at radius 2 is 1.81 bits per heavy atom. The molecule has 2 fully saturated rings. The van der Waals surface area contributed by atoms with Crippen LogP contribution >= 0.6 is 0 Å². The van der Waals surface area contributed by atoms with Gasteiger partial charge in [-0.1, -0.05) is 36.4 Å². The quantitative estimate of drug-likeness (QED) is 0.758. The zero-order valence-corrected chi connectivity index (χ0v) is 17.5. The van der Waals surface area contributed by atoms with Crippen LogP contribution in [0.25, 0.3) is 0 Å². The SMILES string of the molecule is COc1cc(C(F)(F)F)ccc1C1(O)CC2COCC(C1)N2C(=O)OCc1ccccc1. The average Bonchev–Trinajstić information content (AvgIpc) is 2.76. The van der Waals surface area contributed by atoms with Crippen molar-refractivity contribution in [2.24, 2.45) is 0 Å². The maximum Gasteiger partial charge on any atom is 0.416 e. The summed E-state index contributed by atoms with van der Waals surface area (Å²) >= 11 is 0. The lowest BCUT2D eigenvalue weighted by Gasteiger charge is -2.51. The molecular formula is C23H24F3NO5. The van der Waals surface area contributed by atoms with Gasteiger partial charge < -0.3 is 19.3 Å². The number of aliphatic hydroxyl groups is 1. The molecule has 4 rings (SSSR count). The van der Waals surface area contributed by atoms with Gasteiger partial charge in [-0.15, -0.1) is 0 Å². The number of halogens is 3. The van der Waals surface area contributed by atoms with E-state index in [0.29, 0.717) is 0 Å². The number of rotatable bonds is 4. The number of piperidine rings is 1. The van der Waals surface area contributed by atoms with Crippen LogP contribution in [0.5, 0.6) is 5.75 Å². The highest BCUT2D eigenvalue weighted by Crippen LogP contribution is 2.45. The Bertz CT molecular complexity index is 952. The van der Waals surface area contributed by atoms with Gasteiger partial charge in [0.15, 0.2) is 0 Å². The second kappa shape index (κ2) is 8.63. The molecule has 2 aliphatic rings. The number of amides is 1. The minimum atomic E-state index is -4.52. The Kier molecular flexibility index (Phi) is 6.05. The first-order valence-corrected chi connectivity index (χ1v) is 10.3. The summed E-state index contributed by atoms with van der Waals surface area (Å²) in [6.45, 7) is 0.512. The van der Waals surface area contributed by atoms with E-state index in [4.69, 9.17) is 14.2 Å². The molecular weight excluding hydrogens is 427 g/mol. The molecule has 172 valence electrons. The van der Waals surface area contributed by atoms with E-state index in [9.17, 15) is 23.1 Å². The van der Waals surface area contributed by atoms with Gasteiger partial charge in [-0.3, -0.25) is 4.90 Å². The van der Waals surface area contributed by atoms with Crippen LogP contribution in [0.2, 0.25) is 0 Å². The summed E-state index contributed by atoms with van der Waals surface area (Å²) in [5, 5.41) is 11.5. The van der Waals surface area contributed by atoms with Gasteiger partial charge >= 0.3 is 12.3 Å². The van der Waals surface area contributed by atoms with Gasteiger partial charge in [0.1, 0.15) is 12.4 Å². The predicted molar refractivity (Wildman–Crippen MR) is 108 cm³/mol. The van der Waals surface area contributed by atoms with Crippen LogP contribution < -0.4 is 4.74 Å². The molecule has 2 saturated heterocycles. The molecule has 1 amide bonds. The van der Waals surface area contributed by atoms with Gasteiger partial charge in [-0.05, 0) is 17.7 Å². The summed E-state index contributed by atoms with van der Waals surface area (Å²) in [6.07, 6.45) is -4.85. The molecule has 2 unspecified atom stereocenters. The molecule has 6 nitrogen and oxygen atoms in total. The highest BCUT2D eigenvalue weighted by atomic mass is 19.4. The topological polar surface area (TPSA) is 68.2 Å². The zero-order valence-electron chi connectivity index (χ0n) is 17.5. The van der Waals surface area contributed by atoms with Crippen LogP contribution in [0.15, 0.2) is 48.5 Å². The Balaban J connectivity index is 1.54. The van der Waals surface area contributed by atoms with Crippen LogP contribution in [0.4, 0.5) is 18.0 Å². The molecule has 2 aromatic carbocycles. The first-order valence-electron chi connectivity index (χ1n) is 10.3. The first-order chi connectivity index (χ1) is 15.2. The van der Waals surface area contributed by atoms with E-state index in [1.54, 1.807) is 4.90 Å². The van der Waals surface area contributed by atoms with Gasteiger partial charge in [-0.25, -0.2) is 4.79 Å². The number of carbonyl (C=O) groups is 1. The van der Waals surface area contributed by atoms with E-state index in [-0.39, 0.29) is 44.0 Å². The number of benzene rings is 2. The number of carbonyl (C=O) groups excluding carboxylic acids is 1. The summed E-state index contributed by atoms with van der Waals surface area (Å²) in [4.78, 5) is 14.4. The third-order valence-electron chi connectivity index (χ3n) is 6.00. The molecule has 9 heteroatoms. The molecule has 0 radical (unpaired) electrons. The van der Waals surface area contributed by atoms with Crippen LogP contribution in [-0.2, 0) is 27.9 Å². The monoisotopic (exact) mass is 451 g/mol. The lowest BCUT2D eigenvalue weighted by Crippen LogP contribution is -2.62. The molecule has 1 N–H and O–H groups in total. The van der Waals surface area contributed by atoms with Crippen molar-refractivity contribution in [3.8, 4) is 5.75 Å². The third kappa shape index (κ3) is 4.40. The van der Waals surface area contributed by atoms with Crippen LogP contribution in [0.3, 0.4) is 0 Å². The van der Waals surface area contributed by atoms with E-state index in [0.717, 1.165) is 17.7 Å². The Hall–Kier alpha value is -2.78. The van der Waals surface area contributed by atoms with Gasteiger partial charge in [-0.2, -0.15) is 13.2 Å². The second-order valence-corrected chi connectivity index (χ2v) is 8.15. The average molecular weight is 451 g/mol. The zero-order chi connectivity index (χ0) is 22.9. The standard InChI is InChI=1S/C23H24F3NO5/c1-30-20-9-16(23(24,25)26)7-8-19(20)22(29)10-17-13-31-14-18(11-22)27(17)21(28)32-12-15-5-3-2-4-6-15/h2-9,17-18,29H,10-14H2,1H3. The van der Waals surface area contributed by atoms with Crippen LogP contribution in [0, 0.1) is 0 Å². The summed E-state index contributed by atoms with van der Waals surface area (Å²) in [7, 11) is 1.27. The molecule has 0 aromatic heterocycles. The number of hydrogen-bond acceptors (Lipinski definition) is 5. The number of nitrogens with zero attached hydrogens (tertiary/aromatic N) is 1. The molecule has 2 aromatic rings. The second-order valence-electron chi connectivity index (χ2n) is 8.15. The molecule has 2 aliphatic heterocycles. The van der Waals surface area contributed by atoms with E-state index in [1.165, 1.54) is 13.2 Å². The van der Waals surface area contributed by atoms with Crippen LogP contribution in [0.1, 0.15) is 29.5 Å². The number of ether oxygens (including phenoxy) is 3. The Morgan fingerprint density at radius 3 is 2.41 bits per heavy atom. The van der Waals surface area contributed by atoms with Crippen molar-refractivity contribution in [2.75, 3.05) is 20.3 Å². The summed E-state index contributed by atoms with van der Waals surface area (Å²) in [5.41, 5.74) is -1.20. The molecule has 0 aliphatic carbocycles. The van der Waals surface area contributed by atoms with Crippen LogP contribution in [-0.4, -0.2) is 48.5 Å². The highest BCUT2D eigenvalue weighted by Gasteiger charge is 2.50. The molecule has 2 heterocycles. The number of hydrogen-bond donors (Lipinski definition) is 1. The van der Waals surface area contributed by atoms with Gasteiger partial charge in [0.05, 0.1) is 43.6 Å². The number of fused-ring (bicyclic) bond motifs is 2. The van der Waals surface area contributed by atoms with Crippen molar-refractivity contribution in [1.29, 1.82) is 0 Å². The lowest BCUT2D eigenvalue weighted by atomic mass is 9.76. The normalized spacial score (nSPS) is 25.3. The van der Waals surface area contributed by atoms with Gasteiger partial charge in [0.2, 0.25) is 0 Å². The summed E-state index contributed by atoms with van der Waals surface area (Å²) < 4.78 is 55.6. The summed E-state index contributed by atoms with van der Waals surface area (Å²) in [5.74, 6) is -0.0404. The minimum absolute atomic E-state index is 0.0404. The Labute approximate surface area is 183 Å². The van der Waals surface area contributed by atoms with E-state index < -0.39 is 35.5 Å². The van der Waals surface area contributed by atoms with Gasteiger partial charge in [0, 0.05) is 18.4 Å². The maximum absolute atomic E-state index is 13.1. The van der Waals surface area contributed by atoms with Crippen molar-refractivity contribution in [1.82, 2.24) is 4.90 Å². The fraction of sp³-hybridized carbons (Fsp3) is 0.435. The fourth-order valence-corrected chi connectivity index (χ4v) is 4.54. The van der Waals surface area contributed by atoms with E-state index >= 15 is 0 Å². The largest absolute Gasteiger partial charge is 0.496 e. The van der Waals surface area contributed by atoms with E-state index in [1.807, 2.05) is 30.3 Å². The first kappa shape index (κ1) is 22.4. The fourth-order valence-electron chi connectivity index (χ4n) is 4.54. The third-order valence-corrected chi connectivity index (χ3v) is 6.00. The van der Waals surface area contributed by atoms with Crippen molar-refractivity contribution in [3.63, 3.8) is 0 Å². The number of morpholine rings is 1. The van der Waals surface area contributed by atoms with Crippen molar-refractivity contribution < 1.29 is 37.3 Å². The van der Waals surface area contributed by atoms with Gasteiger partial charge in [0.25, 0.3) is 0 Å². The number of methoxy groups -OCH3 is 1. The molecule has 0 spiro atoms. The van der Waals surface area contributed by atoms with Crippen molar-refractivity contribution in [2.45, 2.75) is 43.3 Å². The summed E-state index contributed by atoms with van der Waals surface area (Å²) in [6, 6.07) is 11.4. The molecule has 2 bridgehead atoms. The smallest absolute Gasteiger partial charge is 0.416 e. The maximum atomic E-state index is 13.1.